The van der Waals surface area contributed by atoms with Crippen LogP contribution in [0.3, 0.4) is 0 Å². The summed E-state index contributed by atoms with van der Waals surface area (Å²) in [5.41, 5.74) is 13.2. The molecule has 0 unspecified atom stereocenters. The Balaban J connectivity index is 0.000000347. The van der Waals surface area contributed by atoms with E-state index in [1.165, 1.54) is 27.8 Å². The SMILES string of the molecule is CC(C)(C)CC(=O)c1ccccc1.CC(C)c1cc(C(C)C)c(C(C)(C)C)c(C(C)C)c1.Cc1cc(C)c(C(C)(C)C)c(C)c1. The molecule has 0 fully saturated rings. The van der Waals surface area contributed by atoms with Crippen LogP contribution >= 0.6 is 0 Å². The van der Waals surface area contributed by atoms with Gasteiger partial charge < -0.3 is 0 Å². The van der Waals surface area contributed by atoms with Crippen LogP contribution in [0.2, 0.25) is 0 Å². The van der Waals surface area contributed by atoms with Gasteiger partial charge in [-0.3, -0.25) is 4.79 Å². The summed E-state index contributed by atoms with van der Waals surface area (Å²) in [7, 11) is 0. The Hall–Kier alpha value is -2.67. The van der Waals surface area contributed by atoms with Crippen molar-refractivity contribution in [3.05, 3.63) is 105 Å². The standard InChI is InChI=1S/C19H32.C13H20.C12H16O/c1-12(2)15-10-16(13(3)4)18(19(7,8)9)17(11-15)14(5)6;1-9-7-10(2)12(11(3)8-9)13(4,5)6;1-12(2,3)9-11(13)10-7-5-4-6-8-10/h10-14H,1-9H3;7-8H,1-6H3;4-8H,9H2,1-3H3. The van der Waals surface area contributed by atoms with Crippen LogP contribution in [-0.4, -0.2) is 5.78 Å². The molecule has 0 aliphatic rings. The monoisotopic (exact) mass is 613 g/mol. The summed E-state index contributed by atoms with van der Waals surface area (Å²) in [6.07, 6.45) is 0.608. The fourth-order valence-corrected chi connectivity index (χ4v) is 6.39. The number of benzene rings is 3. The lowest BCUT2D eigenvalue weighted by Crippen LogP contribution is -2.19. The van der Waals surface area contributed by atoms with E-state index < -0.39 is 0 Å². The van der Waals surface area contributed by atoms with E-state index in [0.717, 1.165) is 5.56 Å². The highest BCUT2D eigenvalue weighted by Gasteiger charge is 2.25. The van der Waals surface area contributed by atoms with Crippen molar-refractivity contribution < 1.29 is 4.79 Å². The van der Waals surface area contributed by atoms with Crippen LogP contribution in [0.5, 0.6) is 0 Å². The fourth-order valence-electron chi connectivity index (χ4n) is 6.39. The van der Waals surface area contributed by atoms with Gasteiger partial charge in [0.05, 0.1) is 0 Å². The summed E-state index contributed by atoms with van der Waals surface area (Å²) in [4.78, 5) is 11.7. The van der Waals surface area contributed by atoms with E-state index in [1.807, 2.05) is 30.3 Å². The predicted octanol–water partition coefficient (Wildman–Crippen LogP) is 13.6. The molecule has 3 rings (SSSR count). The van der Waals surface area contributed by atoms with Gasteiger partial charge in [-0.1, -0.05) is 164 Å². The molecule has 0 bridgehead atoms. The Morgan fingerprint density at radius 3 is 1.29 bits per heavy atom. The van der Waals surface area contributed by atoms with Crippen molar-refractivity contribution in [3.8, 4) is 0 Å². The van der Waals surface area contributed by atoms with Crippen molar-refractivity contribution in [1.29, 1.82) is 0 Å². The Morgan fingerprint density at radius 2 is 0.978 bits per heavy atom. The van der Waals surface area contributed by atoms with E-state index >= 15 is 0 Å². The molecule has 0 atom stereocenters. The van der Waals surface area contributed by atoms with Gasteiger partial charge in [-0.2, -0.15) is 0 Å². The highest BCUT2D eigenvalue weighted by atomic mass is 16.1. The van der Waals surface area contributed by atoms with Gasteiger partial charge in [-0.15, -0.1) is 0 Å². The molecule has 0 heterocycles. The van der Waals surface area contributed by atoms with E-state index in [2.05, 4.69) is 149 Å². The van der Waals surface area contributed by atoms with Gasteiger partial charge in [0, 0.05) is 12.0 Å². The van der Waals surface area contributed by atoms with E-state index in [9.17, 15) is 4.79 Å². The lowest BCUT2D eigenvalue weighted by Gasteiger charge is -2.31. The van der Waals surface area contributed by atoms with Gasteiger partial charge in [0.25, 0.3) is 0 Å². The molecular weight excluding hydrogens is 544 g/mol. The van der Waals surface area contributed by atoms with Crippen LogP contribution < -0.4 is 0 Å². The smallest absolute Gasteiger partial charge is 0.163 e. The van der Waals surface area contributed by atoms with Gasteiger partial charge >= 0.3 is 0 Å². The van der Waals surface area contributed by atoms with Crippen molar-refractivity contribution in [2.45, 2.75) is 160 Å². The zero-order valence-corrected chi connectivity index (χ0v) is 32.5. The number of carbonyl (C=O) groups excluding carboxylic acids is 1. The Morgan fingerprint density at radius 1 is 0.578 bits per heavy atom. The van der Waals surface area contributed by atoms with Crippen LogP contribution in [0.15, 0.2) is 54.6 Å². The number of carbonyl (C=O) groups is 1. The molecule has 0 amide bonds. The fraction of sp³-hybridized carbons (Fsp3) is 0.568. The van der Waals surface area contributed by atoms with E-state index in [-0.39, 0.29) is 22.0 Å². The molecule has 0 saturated carbocycles. The number of rotatable bonds is 5. The summed E-state index contributed by atoms with van der Waals surface area (Å²) in [5, 5.41) is 0. The number of hydrogen-bond donors (Lipinski definition) is 0. The van der Waals surface area contributed by atoms with Gasteiger partial charge in [0.15, 0.2) is 5.78 Å². The van der Waals surface area contributed by atoms with Crippen molar-refractivity contribution in [2.75, 3.05) is 0 Å². The van der Waals surface area contributed by atoms with E-state index in [1.54, 1.807) is 16.7 Å². The summed E-state index contributed by atoms with van der Waals surface area (Å²) >= 11 is 0. The maximum Gasteiger partial charge on any atom is 0.163 e. The summed E-state index contributed by atoms with van der Waals surface area (Å²) in [6, 6.07) is 18.9. The first-order valence-corrected chi connectivity index (χ1v) is 17.2. The van der Waals surface area contributed by atoms with Crippen molar-refractivity contribution in [3.63, 3.8) is 0 Å². The second kappa shape index (κ2) is 16.2. The molecule has 0 aromatic heterocycles. The maximum atomic E-state index is 11.7. The molecule has 1 nitrogen and oxygen atoms in total. The zero-order valence-electron chi connectivity index (χ0n) is 32.5. The lowest BCUT2D eigenvalue weighted by atomic mass is 9.74. The molecule has 250 valence electrons. The van der Waals surface area contributed by atoms with E-state index in [0.29, 0.717) is 24.2 Å². The summed E-state index contributed by atoms with van der Waals surface area (Å²) < 4.78 is 0. The van der Waals surface area contributed by atoms with Crippen molar-refractivity contribution in [2.24, 2.45) is 5.41 Å². The summed E-state index contributed by atoms with van der Waals surface area (Å²) in [6.45, 7) is 40.5. The highest BCUT2D eigenvalue weighted by molar-refractivity contribution is 5.96. The molecule has 45 heavy (non-hydrogen) atoms. The third-order valence-corrected chi connectivity index (χ3v) is 8.10. The third kappa shape index (κ3) is 12.9. The second-order valence-electron chi connectivity index (χ2n) is 17.3. The van der Waals surface area contributed by atoms with Crippen LogP contribution in [0.4, 0.5) is 0 Å². The van der Waals surface area contributed by atoms with Crippen molar-refractivity contribution in [1.82, 2.24) is 0 Å². The highest BCUT2D eigenvalue weighted by Crippen LogP contribution is 2.39. The molecule has 0 radical (unpaired) electrons. The first-order valence-electron chi connectivity index (χ1n) is 17.2. The molecule has 0 N–H and O–H groups in total. The number of ketones is 1. The van der Waals surface area contributed by atoms with Crippen LogP contribution in [0.1, 0.15) is 183 Å². The van der Waals surface area contributed by atoms with Crippen LogP contribution in [-0.2, 0) is 10.8 Å². The molecule has 3 aromatic carbocycles. The molecule has 3 aromatic rings. The largest absolute Gasteiger partial charge is 0.294 e. The Bertz CT molecular complexity index is 1310. The first kappa shape index (κ1) is 40.4. The van der Waals surface area contributed by atoms with Crippen LogP contribution in [0.25, 0.3) is 0 Å². The lowest BCUT2D eigenvalue weighted by molar-refractivity contribution is 0.0940. The van der Waals surface area contributed by atoms with Gasteiger partial charge in [0.2, 0.25) is 0 Å². The normalized spacial score (nSPS) is 12.1. The van der Waals surface area contributed by atoms with Gasteiger partial charge in [-0.05, 0) is 93.7 Å². The number of Topliss-reactive ketones (excluding diaryl/α,β-unsaturated/α-hetero) is 1. The molecule has 0 aliphatic carbocycles. The minimum Gasteiger partial charge on any atom is -0.294 e. The molecule has 0 spiro atoms. The molecular formula is C44H68O. The van der Waals surface area contributed by atoms with Crippen LogP contribution in [0, 0.1) is 26.2 Å². The number of aryl methyl sites for hydroxylation is 3. The molecule has 0 saturated heterocycles. The van der Waals surface area contributed by atoms with Gasteiger partial charge in [0.1, 0.15) is 0 Å². The topological polar surface area (TPSA) is 17.1 Å². The predicted molar refractivity (Wildman–Crippen MR) is 202 cm³/mol. The molecule has 1 heteroatoms. The zero-order chi connectivity index (χ0) is 35.1. The Labute approximate surface area is 279 Å². The van der Waals surface area contributed by atoms with E-state index in [4.69, 9.17) is 0 Å². The third-order valence-electron chi connectivity index (χ3n) is 8.10. The first-order chi connectivity index (χ1) is 20.4. The second-order valence-corrected chi connectivity index (χ2v) is 17.3. The minimum absolute atomic E-state index is 0.0763. The Kier molecular flexibility index (Phi) is 14.6. The average Bonchev–Trinajstić information content (AvgIpc) is 2.86. The maximum absolute atomic E-state index is 11.7. The van der Waals surface area contributed by atoms with Gasteiger partial charge in [-0.25, -0.2) is 0 Å². The van der Waals surface area contributed by atoms with Crippen molar-refractivity contribution >= 4 is 5.78 Å². The number of hydrogen-bond acceptors (Lipinski definition) is 1. The average molecular weight is 613 g/mol. The molecule has 0 aliphatic heterocycles. The summed E-state index contributed by atoms with van der Waals surface area (Å²) in [5.74, 6) is 2.01. The minimum atomic E-state index is 0.0763. The quantitative estimate of drug-likeness (QED) is 0.262.